The van der Waals surface area contributed by atoms with Crippen LogP contribution < -0.4 is 5.32 Å². The molecule has 0 saturated heterocycles. The number of carboxylic acids is 1. The van der Waals surface area contributed by atoms with Crippen molar-refractivity contribution in [3.63, 3.8) is 0 Å². The number of aryl methyl sites for hydroxylation is 2. The number of benzene rings is 1. The summed E-state index contributed by atoms with van der Waals surface area (Å²) in [5, 5.41) is 16.7. The van der Waals surface area contributed by atoms with Crippen LogP contribution in [0.4, 0.5) is 8.78 Å². The molecule has 2 aromatic rings. The smallest absolute Gasteiger partial charge is 0.356 e. The Kier molecular flexibility index (Phi) is 4.85. The summed E-state index contributed by atoms with van der Waals surface area (Å²) in [6.45, 7) is 4.22. The molecule has 0 bridgehead atoms. The highest BCUT2D eigenvalue weighted by Gasteiger charge is 2.28. The van der Waals surface area contributed by atoms with Gasteiger partial charge >= 0.3 is 5.97 Å². The number of nitrogens with zero attached hydrogens (tertiary/aromatic N) is 2. The Morgan fingerprint density at radius 1 is 1.44 bits per heavy atom. The summed E-state index contributed by atoms with van der Waals surface area (Å²) in [6, 6.07) is 2.64. The van der Waals surface area contributed by atoms with E-state index in [1.54, 1.807) is 11.6 Å². The maximum Gasteiger partial charge on any atom is 0.356 e. The summed E-state index contributed by atoms with van der Waals surface area (Å²) in [5.74, 6) is -2.15. The Bertz CT molecular complexity index is 817. The third-order valence-electron chi connectivity index (χ3n) is 4.80. The van der Waals surface area contributed by atoms with Crippen LogP contribution in [-0.2, 0) is 25.9 Å². The molecule has 1 aromatic carbocycles. The van der Waals surface area contributed by atoms with Crippen LogP contribution >= 0.6 is 0 Å². The van der Waals surface area contributed by atoms with E-state index in [2.05, 4.69) is 10.4 Å². The normalized spacial score (nSPS) is 16.7. The molecule has 5 nitrogen and oxygen atoms in total. The fourth-order valence-electron chi connectivity index (χ4n) is 3.42. The molecule has 7 heteroatoms. The molecule has 1 aromatic heterocycles. The molecule has 1 aliphatic rings. The number of hydrogen-bond donors (Lipinski definition) is 2. The molecule has 1 aliphatic carbocycles. The van der Waals surface area contributed by atoms with Gasteiger partial charge in [-0.15, -0.1) is 0 Å². The zero-order valence-electron chi connectivity index (χ0n) is 14.3. The summed E-state index contributed by atoms with van der Waals surface area (Å²) in [6.07, 6.45) is 1.96. The molecule has 0 unspecified atom stereocenters. The van der Waals surface area contributed by atoms with Crippen molar-refractivity contribution >= 4 is 5.97 Å². The molecule has 1 heterocycles. The lowest BCUT2D eigenvalue weighted by Crippen LogP contribution is -2.35. The SMILES string of the molecule is CCn1nc(C(=O)O)c2c1CC[C@H](NCc1c(F)ccc(C)c1F)C2. The van der Waals surface area contributed by atoms with E-state index in [4.69, 9.17) is 0 Å². The Balaban J connectivity index is 1.77. The molecule has 25 heavy (non-hydrogen) atoms. The minimum atomic E-state index is -1.04. The summed E-state index contributed by atoms with van der Waals surface area (Å²) >= 11 is 0. The summed E-state index contributed by atoms with van der Waals surface area (Å²) in [4.78, 5) is 11.4. The first-order valence-corrected chi connectivity index (χ1v) is 8.41. The van der Waals surface area contributed by atoms with E-state index < -0.39 is 17.6 Å². The van der Waals surface area contributed by atoms with Crippen molar-refractivity contribution in [3.8, 4) is 0 Å². The lowest BCUT2D eigenvalue weighted by Gasteiger charge is -2.24. The molecule has 2 N–H and O–H groups in total. The van der Waals surface area contributed by atoms with Crippen molar-refractivity contribution < 1.29 is 18.7 Å². The Hall–Kier alpha value is -2.28. The Morgan fingerprint density at radius 2 is 2.20 bits per heavy atom. The number of carbonyl (C=O) groups is 1. The van der Waals surface area contributed by atoms with E-state index in [1.165, 1.54) is 12.1 Å². The van der Waals surface area contributed by atoms with Crippen LogP contribution in [0.25, 0.3) is 0 Å². The molecule has 0 aliphatic heterocycles. The van der Waals surface area contributed by atoms with Gasteiger partial charge in [0, 0.05) is 36.0 Å². The second-order valence-corrected chi connectivity index (χ2v) is 6.37. The zero-order chi connectivity index (χ0) is 18.1. The third kappa shape index (κ3) is 3.28. The number of aromatic nitrogens is 2. The van der Waals surface area contributed by atoms with Crippen molar-refractivity contribution in [2.24, 2.45) is 0 Å². The van der Waals surface area contributed by atoms with Crippen molar-refractivity contribution in [1.29, 1.82) is 0 Å². The van der Waals surface area contributed by atoms with Crippen molar-refractivity contribution in [1.82, 2.24) is 15.1 Å². The highest BCUT2D eigenvalue weighted by molar-refractivity contribution is 5.87. The Morgan fingerprint density at radius 3 is 2.88 bits per heavy atom. The van der Waals surface area contributed by atoms with Gasteiger partial charge in [0.15, 0.2) is 5.69 Å². The number of fused-ring (bicyclic) bond motifs is 1. The molecule has 134 valence electrons. The largest absolute Gasteiger partial charge is 0.476 e. The molecule has 0 spiro atoms. The van der Waals surface area contributed by atoms with Crippen molar-refractivity contribution in [2.75, 3.05) is 0 Å². The minimum absolute atomic E-state index is 0.0218. The van der Waals surface area contributed by atoms with E-state index in [-0.39, 0.29) is 23.8 Å². The predicted octanol–water partition coefficient (Wildman–Crippen LogP) is 2.83. The van der Waals surface area contributed by atoms with Crippen molar-refractivity contribution in [2.45, 2.75) is 52.2 Å². The van der Waals surface area contributed by atoms with Crippen LogP contribution in [0.2, 0.25) is 0 Å². The zero-order valence-corrected chi connectivity index (χ0v) is 14.3. The quantitative estimate of drug-likeness (QED) is 0.871. The third-order valence-corrected chi connectivity index (χ3v) is 4.80. The molecule has 0 radical (unpaired) electrons. The first-order valence-electron chi connectivity index (χ1n) is 8.41. The van der Waals surface area contributed by atoms with E-state index >= 15 is 0 Å². The van der Waals surface area contributed by atoms with Crippen LogP contribution in [0.5, 0.6) is 0 Å². The number of carboxylic acid groups (broad SMARTS) is 1. The van der Waals surface area contributed by atoms with Gasteiger partial charge in [0.25, 0.3) is 0 Å². The standard InChI is InChI=1S/C18H21F2N3O2/c1-3-23-15-7-5-11(8-12(15)17(22-23)18(24)25)21-9-13-14(19)6-4-10(2)16(13)20/h4,6,11,21H,3,5,7-9H2,1-2H3,(H,24,25)/t11-/m0/s1. The maximum atomic E-state index is 14.1. The molecular weight excluding hydrogens is 328 g/mol. The van der Waals surface area contributed by atoms with Gasteiger partial charge in [0.1, 0.15) is 11.6 Å². The highest BCUT2D eigenvalue weighted by Crippen LogP contribution is 2.26. The summed E-state index contributed by atoms with van der Waals surface area (Å²) < 4.78 is 29.7. The van der Waals surface area contributed by atoms with Gasteiger partial charge in [-0.05, 0) is 44.7 Å². The maximum absolute atomic E-state index is 14.1. The van der Waals surface area contributed by atoms with Gasteiger partial charge in [0.2, 0.25) is 0 Å². The van der Waals surface area contributed by atoms with E-state index in [1.807, 2.05) is 6.92 Å². The fourth-order valence-corrected chi connectivity index (χ4v) is 3.42. The van der Waals surface area contributed by atoms with Crippen LogP contribution in [0.15, 0.2) is 12.1 Å². The summed E-state index contributed by atoms with van der Waals surface area (Å²) in [7, 11) is 0. The van der Waals surface area contributed by atoms with Gasteiger partial charge < -0.3 is 10.4 Å². The van der Waals surface area contributed by atoms with Crippen LogP contribution in [0, 0.1) is 18.6 Å². The van der Waals surface area contributed by atoms with E-state index in [9.17, 15) is 18.7 Å². The van der Waals surface area contributed by atoms with Gasteiger partial charge in [0.05, 0.1) is 0 Å². The lowest BCUT2D eigenvalue weighted by molar-refractivity contribution is 0.0688. The molecule has 0 amide bonds. The average Bonchev–Trinajstić information content (AvgIpc) is 2.96. The van der Waals surface area contributed by atoms with Crippen LogP contribution in [-0.4, -0.2) is 26.9 Å². The minimum Gasteiger partial charge on any atom is -0.476 e. The van der Waals surface area contributed by atoms with E-state index in [0.717, 1.165) is 17.7 Å². The van der Waals surface area contributed by atoms with Gasteiger partial charge in [-0.1, -0.05) is 6.07 Å². The van der Waals surface area contributed by atoms with Gasteiger partial charge in [-0.3, -0.25) is 4.68 Å². The monoisotopic (exact) mass is 349 g/mol. The number of halogens is 2. The van der Waals surface area contributed by atoms with E-state index in [0.29, 0.717) is 24.9 Å². The Labute approximate surface area is 144 Å². The topological polar surface area (TPSA) is 67.2 Å². The second kappa shape index (κ2) is 6.92. The highest BCUT2D eigenvalue weighted by atomic mass is 19.1. The molecule has 1 atom stereocenters. The predicted molar refractivity (Wildman–Crippen MR) is 88.6 cm³/mol. The molecule has 3 rings (SSSR count). The van der Waals surface area contributed by atoms with Gasteiger partial charge in [-0.2, -0.15) is 5.10 Å². The molecule has 0 saturated carbocycles. The first-order chi connectivity index (χ1) is 11.9. The number of nitrogens with one attached hydrogen (secondary N) is 1. The summed E-state index contributed by atoms with van der Waals surface area (Å²) in [5.41, 5.74) is 2.18. The molecular formula is C18H21F2N3O2. The second-order valence-electron chi connectivity index (χ2n) is 6.37. The number of hydrogen-bond acceptors (Lipinski definition) is 3. The van der Waals surface area contributed by atoms with Crippen LogP contribution in [0.3, 0.4) is 0 Å². The number of rotatable bonds is 5. The number of aromatic carboxylic acids is 1. The van der Waals surface area contributed by atoms with Gasteiger partial charge in [-0.25, -0.2) is 13.6 Å². The lowest BCUT2D eigenvalue weighted by atomic mass is 9.91. The van der Waals surface area contributed by atoms with Crippen LogP contribution in [0.1, 0.15) is 46.2 Å². The van der Waals surface area contributed by atoms with Crippen molar-refractivity contribution in [3.05, 3.63) is 51.8 Å². The molecule has 0 fully saturated rings. The first kappa shape index (κ1) is 17.5. The fraction of sp³-hybridized carbons (Fsp3) is 0.444. The average molecular weight is 349 g/mol.